The summed E-state index contributed by atoms with van der Waals surface area (Å²) in [5, 5.41) is 11.3. The van der Waals surface area contributed by atoms with Gasteiger partial charge in [0.1, 0.15) is 5.75 Å². The summed E-state index contributed by atoms with van der Waals surface area (Å²) in [6.07, 6.45) is 0.526. The number of ether oxygens (including phenoxy) is 1. The molecular formula is C20H13Cl2NO4. The first-order chi connectivity index (χ1) is 12.9. The second-order valence-corrected chi connectivity index (χ2v) is 6.57. The molecule has 0 aliphatic carbocycles. The number of benzene rings is 3. The Hall–Kier alpha value is -2.89. The van der Waals surface area contributed by atoms with E-state index >= 15 is 0 Å². The Labute approximate surface area is 165 Å². The van der Waals surface area contributed by atoms with E-state index in [9.17, 15) is 14.9 Å². The standard InChI is InChI=1S/C20H13Cl2NO4/c21-15-6-9-19(14(11-15)10-13-4-2-1-3-5-13)27-20(24)17-8-7-16(23(25)26)12-18(17)22/h1-9,11-12H,10H2. The van der Waals surface area contributed by atoms with Gasteiger partial charge in [0.25, 0.3) is 5.69 Å². The summed E-state index contributed by atoms with van der Waals surface area (Å²) in [6.45, 7) is 0. The van der Waals surface area contributed by atoms with Gasteiger partial charge in [0.2, 0.25) is 0 Å². The molecule has 0 N–H and O–H groups in total. The average Bonchev–Trinajstić information content (AvgIpc) is 2.64. The van der Waals surface area contributed by atoms with E-state index in [1.54, 1.807) is 18.2 Å². The number of carbonyl (C=O) groups excluding carboxylic acids is 1. The third-order valence-electron chi connectivity index (χ3n) is 3.85. The van der Waals surface area contributed by atoms with E-state index in [-0.39, 0.29) is 16.3 Å². The van der Waals surface area contributed by atoms with Crippen molar-refractivity contribution in [3.8, 4) is 5.75 Å². The van der Waals surface area contributed by atoms with Gasteiger partial charge in [-0.05, 0) is 29.8 Å². The zero-order valence-electron chi connectivity index (χ0n) is 13.9. The van der Waals surface area contributed by atoms with Crippen LogP contribution in [0.2, 0.25) is 10.0 Å². The summed E-state index contributed by atoms with van der Waals surface area (Å²) < 4.78 is 5.49. The minimum atomic E-state index is -0.702. The van der Waals surface area contributed by atoms with Crippen molar-refractivity contribution >= 4 is 34.9 Å². The van der Waals surface area contributed by atoms with E-state index in [4.69, 9.17) is 27.9 Å². The smallest absolute Gasteiger partial charge is 0.345 e. The molecule has 0 aliphatic rings. The first-order valence-corrected chi connectivity index (χ1v) is 8.68. The van der Waals surface area contributed by atoms with Crippen LogP contribution < -0.4 is 4.74 Å². The summed E-state index contributed by atoms with van der Waals surface area (Å²) in [6, 6.07) is 18.2. The van der Waals surface area contributed by atoms with Gasteiger partial charge in [0, 0.05) is 29.1 Å². The Morgan fingerprint density at radius 3 is 2.41 bits per heavy atom. The highest BCUT2D eigenvalue weighted by Gasteiger charge is 2.18. The van der Waals surface area contributed by atoms with Crippen molar-refractivity contribution in [1.29, 1.82) is 0 Å². The fraction of sp³-hybridized carbons (Fsp3) is 0.0500. The normalized spacial score (nSPS) is 10.4. The van der Waals surface area contributed by atoms with Gasteiger partial charge in [0.05, 0.1) is 15.5 Å². The molecule has 0 unspecified atom stereocenters. The molecule has 3 aromatic rings. The Morgan fingerprint density at radius 2 is 1.74 bits per heavy atom. The van der Waals surface area contributed by atoms with Crippen LogP contribution in [0, 0.1) is 10.1 Å². The average molecular weight is 402 g/mol. The molecule has 3 aromatic carbocycles. The summed E-state index contributed by atoms with van der Waals surface area (Å²) in [5.41, 5.74) is 1.61. The highest BCUT2D eigenvalue weighted by Crippen LogP contribution is 2.28. The van der Waals surface area contributed by atoms with E-state index in [2.05, 4.69) is 0 Å². The molecule has 0 amide bonds. The van der Waals surface area contributed by atoms with E-state index in [1.165, 1.54) is 12.1 Å². The lowest BCUT2D eigenvalue weighted by molar-refractivity contribution is -0.384. The van der Waals surface area contributed by atoms with Gasteiger partial charge >= 0.3 is 5.97 Å². The van der Waals surface area contributed by atoms with Crippen molar-refractivity contribution in [1.82, 2.24) is 0 Å². The van der Waals surface area contributed by atoms with E-state index in [0.717, 1.165) is 17.2 Å². The molecule has 7 heteroatoms. The number of halogens is 2. The van der Waals surface area contributed by atoms with E-state index in [0.29, 0.717) is 17.2 Å². The highest BCUT2D eigenvalue weighted by atomic mass is 35.5. The minimum Gasteiger partial charge on any atom is -0.423 e. The van der Waals surface area contributed by atoms with Gasteiger partial charge in [-0.1, -0.05) is 53.5 Å². The predicted molar refractivity (Wildman–Crippen MR) is 104 cm³/mol. The second kappa shape index (κ2) is 8.20. The molecule has 0 saturated heterocycles. The third kappa shape index (κ3) is 4.64. The number of esters is 1. The van der Waals surface area contributed by atoms with Crippen molar-refractivity contribution in [2.75, 3.05) is 0 Å². The summed E-state index contributed by atoms with van der Waals surface area (Å²) in [7, 11) is 0. The van der Waals surface area contributed by atoms with E-state index in [1.807, 2.05) is 30.3 Å². The summed E-state index contributed by atoms with van der Waals surface area (Å²) in [5.74, 6) is -0.353. The molecule has 0 heterocycles. The van der Waals surface area contributed by atoms with Crippen molar-refractivity contribution < 1.29 is 14.5 Å². The highest BCUT2D eigenvalue weighted by molar-refractivity contribution is 6.33. The lowest BCUT2D eigenvalue weighted by Gasteiger charge is -2.11. The molecule has 0 spiro atoms. The number of nitro benzene ring substituents is 1. The van der Waals surface area contributed by atoms with Crippen LogP contribution in [-0.2, 0) is 6.42 Å². The maximum Gasteiger partial charge on any atom is 0.345 e. The molecule has 0 atom stereocenters. The topological polar surface area (TPSA) is 69.4 Å². The predicted octanol–water partition coefficient (Wildman–Crippen LogP) is 5.71. The number of carbonyl (C=O) groups is 1. The Bertz CT molecular complexity index is 1010. The molecule has 3 rings (SSSR count). The van der Waals surface area contributed by atoms with Crippen molar-refractivity contribution in [3.05, 3.63) is 104 Å². The quantitative estimate of drug-likeness (QED) is 0.237. The van der Waals surface area contributed by atoms with Gasteiger partial charge in [0.15, 0.2) is 0 Å². The number of hydrogen-bond acceptors (Lipinski definition) is 4. The molecule has 5 nitrogen and oxygen atoms in total. The molecule has 0 fully saturated rings. The van der Waals surface area contributed by atoms with Crippen LogP contribution in [0.15, 0.2) is 66.7 Å². The van der Waals surface area contributed by atoms with Crippen LogP contribution >= 0.6 is 23.2 Å². The molecule has 0 aromatic heterocycles. The van der Waals surface area contributed by atoms with Crippen LogP contribution in [0.5, 0.6) is 5.75 Å². The maximum absolute atomic E-state index is 12.5. The van der Waals surface area contributed by atoms with Crippen LogP contribution in [0.25, 0.3) is 0 Å². The summed E-state index contributed by atoms with van der Waals surface area (Å²) in [4.78, 5) is 22.7. The van der Waals surface area contributed by atoms with Gasteiger partial charge in [-0.3, -0.25) is 10.1 Å². The SMILES string of the molecule is O=C(Oc1ccc(Cl)cc1Cc1ccccc1)c1ccc([N+](=O)[O-])cc1Cl. The monoisotopic (exact) mass is 401 g/mol. The number of hydrogen-bond donors (Lipinski definition) is 0. The zero-order valence-corrected chi connectivity index (χ0v) is 15.4. The second-order valence-electron chi connectivity index (χ2n) is 5.73. The molecule has 0 bridgehead atoms. The van der Waals surface area contributed by atoms with Crippen molar-refractivity contribution in [2.24, 2.45) is 0 Å². The lowest BCUT2D eigenvalue weighted by Crippen LogP contribution is -2.11. The molecule has 0 saturated carbocycles. The molecular weight excluding hydrogens is 389 g/mol. The zero-order chi connectivity index (χ0) is 19.4. The molecule has 27 heavy (non-hydrogen) atoms. The Morgan fingerprint density at radius 1 is 1.00 bits per heavy atom. The number of rotatable bonds is 5. The first kappa shape index (κ1) is 18.9. The first-order valence-electron chi connectivity index (χ1n) is 7.92. The number of non-ortho nitro benzene ring substituents is 1. The number of nitro groups is 1. The summed E-state index contributed by atoms with van der Waals surface area (Å²) >= 11 is 12.1. The van der Waals surface area contributed by atoms with E-state index < -0.39 is 10.9 Å². The Balaban J connectivity index is 1.87. The van der Waals surface area contributed by atoms with Gasteiger partial charge in [-0.2, -0.15) is 0 Å². The molecule has 136 valence electrons. The maximum atomic E-state index is 12.5. The lowest BCUT2D eigenvalue weighted by atomic mass is 10.0. The fourth-order valence-electron chi connectivity index (χ4n) is 2.54. The number of nitrogens with zero attached hydrogens (tertiary/aromatic N) is 1. The van der Waals surface area contributed by atoms with Crippen molar-refractivity contribution in [2.45, 2.75) is 6.42 Å². The van der Waals surface area contributed by atoms with Gasteiger partial charge in [-0.25, -0.2) is 4.79 Å². The van der Waals surface area contributed by atoms with Gasteiger partial charge < -0.3 is 4.74 Å². The molecule has 0 aliphatic heterocycles. The van der Waals surface area contributed by atoms with Crippen LogP contribution in [-0.4, -0.2) is 10.9 Å². The van der Waals surface area contributed by atoms with Crippen LogP contribution in [0.4, 0.5) is 5.69 Å². The largest absolute Gasteiger partial charge is 0.423 e. The minimum absolute atomic E-state index is 0.0443. The Kier molecular flexibility index (Phi) is 5.74. The van der Waals surface area contributed by atoms with Crippen LogP contribution in [0.3, 0.4) is 0 Å². The van der Waals surface area contributed by atoms with Crippen molar-refractivity contribution in [3.63, 3.8) is 0 Å². The fourth-order valence-corrected chi connectivity index (χ4v) is 2.99. The molecule has 0 radical (unpaired) electrons. The van der Waals surface area contributed by atoms with Gasteiger partial charge in [-0.15, -0.1) is 0 Å². The van der Waals surface area contributed by atoms with Crippen LogP contribution in [0.1, 0.15) is 21.5 Å². The third-order valence-corrected chi connectivity index (χ3v) is 4.39.